The van der Waals surface area contributed by atoms with Crippen molar-refractivity contribution in [3.05, 3.63) is 64.5 Å². The van der Waals surface area contributed by atoms with Gasteiger partial charge in [0.05, 0.1) is 43.0 Å². The summed E-state index contributed by atoms with van der Waals surface area (Å²) in [4.78, 5) is 25.9. The lowest BCUT2D eigenvalue weighted by Crippen LogP contribution is -2.59. The van der Waals surface area contributed by atoms with Crippen molar-refractivity contribution in [2.24, 2.45) is 28.2 Å². The van der Waals surface area contributed by atoms with Gasteiger partial charge in [-0.2, -0.15) is 0 Å². The number of rotatable bonds is 7. The van der Waals surface area contributed by atoms with E-state index in [0.717, 1.165) is 31.2 Å². The van der Waals surface area contributed by atoms with Crippen molar-refractivity contribution in [1.82, 2.24) is 19.8 Å². The average molecular weight is 619 g/mol. The molecule has 2 bridgehead atoms. The molecule has 4 aliphatic rings. The van der Waals surface area contributed by atoms with Gasteiger partial charge in [-0.05, 0) is 86.1 Å². The molecule has 242 valence electrons. The van der Waals surface area contributed by atoms with Crippen LogP contribution in [0.2, 0.25) is 0 Å². The first-order chi connectivity index (χ1) is 21.5. The van der Waals surface area contributed by atoms with E-state index in [1.54, 1.807) is 18.2 Å². The fraction of sp³-hybridized carbons (Fsp3) is 0.571. The summed E-state index contributed by atoms with van der Waals surface area (Å²) in [6, 6.07) is 10.4. The highest BCUT2D eigenvalue weighted by molar-refractivity contribution is 5.96. The van der Waals surface area contributed by atoms with Gasteiger partial charge in [0.15, 0.2) is 5.96 Å². The second kappa shape index (κ2) is 12.4. The van der Waals surface area contributed by atoms with Gasteiger partial charge in [0.25, 0.3) is 5.56 Å². The van der Waals surface area contributed by atoms with Crippen molar-refractivity contribution in [3.63, 3.8) is 0 Å². The van der Waals surface area contributed by atoms with Crippen LogP contribution in [0.4, 0.5) is 10.1 Å². The van der Waals surface area contributed by atoms with Crippen LogP contribution in [0, 0.1) is 29.0 Å². The second-order valence-electron chi connectivity index (χ2n) is 14.2. The van der Waals surface area contributed by atoms with Crippen LogP contribution >= 0.6 is 0 Å². The van der Waals surface area contributed by atoms with Gasteiger partial charge in [0.1, 0.15) is 11.6 Å². The van der Waals surface area contributed by atoms with Crippen LogP contribution in [0.5, 0.6) is 5.75 Å². The lowest BCUT2D eigenvalue weighted by atomic mass is 9.45. The number of ether oxygens (including phenoxy) is 1. The summed E-state index contributed by atoms with van der Waals surface area (Å²) in [5, 5.41) is 17.8. The third-order valence-corrected chi connectivity index (χ3v) is 10.8. The first kappa shape index (κ1) is 31.5. The number of aliphatic imine (C=N–C) groups is 1. The topological polar surface area (TPSA) is 104 Å². The van der Waals surface area contributed by atoms with Crippen LogP contribution in [-0.4, -0.2) is 70.4 Å². The number of halogens is 1. The lowest BCUT2D eigenvalue weighted by molar-refractivity contribution is -0.108. The number of nitrogens with one attached hydrogen (secondary N) is 2. The van der Waals surface area contributed by atoms with Gasteiger partial charge in [-0.15, -0.1) is 0 Å². The Balaban J connectivity index is 1.27. The molecule has 0 radical (unpaired) electrons. The molecule has 0 spiro atoms. The van der Waals surface area contributed by atoms with Crippen LogP contribution in [0.25, 0.3) is 10.9 Å². The van der Waals surface area contributed by atoms with E-state index in [4.69, 9.17) is 9.73 Å². The predicted molar refractivity (Wildman–Crippen MR) is 176 cm³/mol. The van der Waals surface area contributed by atoms with Crippen molar-refractivity contribution in [3.8, 4) is 5.75 Å². The van der Waals surface area contributed by atoms with Crippen LogP contribution in [0.15, 0.2) is 52.5 Å². The maximum absolute atomic E-state index is 14.7. The number of guanidine groups is 1. The number of hydrogen-bond acceptors (Lipinski definition) is 6. The van der Waals surface area contributed by atoms with E-state index in [1.165, 1.54) is 30.5 Å². The Morgan fingerprint density at radius 1 is 1.18 bits per heavy atom. The molecule has 4 fully saturated rings. The Labute approximate surface area is 264 Å². The molecule has 10 heteroatoms. The maximum Gasteiger partial charge on any atom is 0.261 e. The average Bonchev–Trinajstić information content (AvgIpc) is 3.00. The third kappa shape index (κ3) is 6.06. The highest BCUT2D eigenvalue weighted by Crippen LogP contribution is 2.61. The Hall–Kier alpha value is -3.50. The molecule has 45 heavy (non-hydrogen) atoms. The van der Waals surface area contributed by atoms with Gasteiger partial charge < -0.3 is 25.4 Å². The molecule has 3 aliphatic carbocycles. The van der Waals surface area contributed by atoms with Crippen LogP contribution in [0.3, 0.4) is 0 Å². The number of piperazine rings is 1. The molecule has 3 aromatic rings. The molecule has 3 saturated carbocycles. The predicted octanol–water partition coefficient (Wildman–Crippen LogP) is 4.84. The van der Waals surface area contributed by atoms with Gasteiger partial charge in [0, 0.05) is 36.9 Å². The fourth-order valence-electron chi connectivity index (χ4n) is 8.07. The number of benzene rings is 2. The standard InChI is InChI=1S/C35H47FN6O3/c1-20-16-41(17-21(2)38-20)34(40-31-13-24-12-29(22(31)3)35(24,4)5)39-25-8-10-28-32(14-25)37-19-42(33(28)44)26(18-43)11-23-7-9-27(45-6)15-30(23)36/h7-10,14-15,19-22,24,26,29,31,38,43H,11-13,16-18H2,1-6H3,(H,39,40). The zero-order chi connectivity index (χ0) is 32.0. The van der Waals surface area contributed by atoms with Gasteiger partial charge in [-0.3, -0.25) is 9.36 Å². The summed E-state index contributed by atoms with van der Waals surface area (Å²) in [5.41, 5.74) is 1.86. The number of hydrogen-bond donors (Lipinski definition) is 3. The van der Waals surface area contributed by atoms with Crippen molar-refractivity contribution in [2.45, 2.75) is 78.0 Å². The minimum atomic E-state index is -0.667. The van der Waals surface area contributed by atoms with Crippen LogP contribution in [0.1, 0.15) is 59.1 Å². The summed E-state index contributed by atoms with van der Waals surface area (Å²) < 4.78 is 21.2. The molecule has 7 unspecified atom stereocenters. The molecule has 2 heterocycles. The molecular weight excluding hydrogens is 571 g/mol. The van der Waals surface area contributed by atoms with Crippen LogP contribution in [-0.2, 0) is 6.42 Å². The monoisotopic (exact) mass is 618 g/mol. The van der Waals surface area contributed by atoms with Crippen molar-refractivity contribution in [1.29, 1.82) is 0 Å². The largest absolute Gasteiger partial charge is 0.497 e. The smallest absolute Gasteiger partial charge is 0.261 e. The number of methoxy groups -OCH3 is 1. The summed E-state index contributed by atoms with van der Waals surface area (Å²) in [5.74, 6) is 2.77. The Kier molecular flexibility index (Phi) is 8.65. The SMILES string of the molecule is COc1ccc(CC(CO)n2cnc3cc(NC(=NC4CC5CC(C4C)C5(C)C)N4CC(C)NC(C)C4)ccc3c2=O)c(F)c1. The molecular formula is C35H47FN6O3. The van der Waals surface area contributed by atoms with Crippen molar-refractivity contribution in [2.75, 3.05) is 32.1 Å². The van der Waals surface area contributed by atoms with E-state index in [2.05, 4.69) is 55.1 Å². The van der Waals surface area contributed by atoms with Gasteiger partial charge >= 0.3 is 0 Å². The molecule has 7 rings (SSSR count). The molecule has 1 aliphatic heterocycles. The summed E-state index contributed by atoms with van der Waals surface area (Å²) in [6.07, 6.45) is 4.01. The van der Waals surface area contributed by atoms with E-state index in [-0.39, 0.29) is 24.6 Å². The number of anilines is 1. The number of nitrogens with zero attached hydrogens (tertiary/aromatic N) is 4. The van der Waals surface area contributed by atoms with E-state index < -0.39 is 11.9 Å². The van der Waals surface area contributed by atoms with Gasteiger partial charge in [-0.1, -0.05) is 26.8 Å². The Morgan fingerprint density at radius 3 is 2.58 bits per heavy atom. The van der Waals surface area contributed by atoms with Crippen molar-refractivity contribution < 1.29 is 14.2 Å². The molecule has 0 amide bonds. The van der Waals surface area contributed by atoms with E-state index in [1.807, 2.05) is 12.1 Å². The Bertz CT molecular complexity index is 1630. The minimum absolute atomic E-state index is 0.138. The molecule has 3 N–H and O–H groups in total. The lowest BCUT2D eigenvalue weighted by Gasteiger charge is -2.61. The quantitative estimate of drug-likeness (QED) is 0.257. The van der Waals surface area contributed by atoms with E-state index >= 15 is 0 Å². The number of fused-ring (bicyclic) bond motifs is 3. The highest BCUT2D eigenvalue weighted by Gasteiger charge is 2.56. The third-order valence-electron chi connectivity index (χ3n) is 10.8. The first-order valence-electron chi connectivity index (χ1n) is 16.3. The maximum atomic E-state index is 14.7. The molecule has 9 nitrogen and oxygen atoms in total. The zero-order valence-corrected chi connectivity index (χ0v) is 27.3. The Morgan fingerprint density at radius 2 is 1.93 bits per heavy atom. The second-order valence-corrected chi connectivity index (χ2v) is 14.2. The highest BCUT2D eigenvalue weighted by atomic mass is 19.1. The summed E-state index contributed by atoms with van der Waals surface area (Å²) in [6.45, 7) is 13.0. The number of aromatic nitrogens is 2. The number of aliphatic hydroxyl groups excluding tert-OH is 1. The van der Waals surface area contributed by atoms with Gasteiger partial charge in [0.2, 0.25) is 0 Å². The minimum Gasteiger partial charge on any atom is -0.497 e. The molecule has 2 aromatic carbocycles. The summed E-state index contributed by atoms with van der Waals surface area (Å²) >= 11 is 0. The normalized spacial score (nSPS) is 28.4. The van der Waals surface area contributed by atoms with Gasteiger partial charge in [-0.25, -0.2) is 14.4 Å². The molecule has 1 saturated heterocycles. The van der Waals surface area contributed by atoms with Crippen LogP contribution < -0.4 is 20.9 Å². The zero-order valence-electron chi connectivity index (χ0n) is 27.3. The van der Waals surface area contributed by atoms with Crippen molar-refractivity contribution >= 4 is 22.5 Å². The van der Waals surface area contributed by atoms with E-state index in [9.17, 15) is 14.3 Å². The van der Waals surface area contributed by atoms with E-state index in [0.29, 0.717) is 57.5 Å². The first-order valence-corrected chi connectivity index (χ1v) is 16.3. The molecule has 1 aromatic heterocycles. The molecule has 7 atom stereocenters. The number of aliphatic hydroxyl groups is 1. The summed E-state index contributed by atoms with van der Waals surface area (Å²) in [7, 11) is 1.48. The fourth-order valence-corrected chi connectivity index (χ4v) is 8.07.